The Balaban J connectivity index is 1.82. The molecular formula is C18H18ClNO4. The van der Waals surface area contributed by atoms with Crippen molar-refractivity contribution in [1.29, 1.82) is 0 Å². The summed E-state index contributed by atoms with van der Waals surface area (Å²) in [5.74, 6) is -0.431. The number of esters is 1. The van der Waals surface area contributed by atoms with Crippen molar-refractivity contribution >= 4 is 29.2 Å². The number of ether oxygens (including phenoxy) is 2. The Morgan fingerprint density at radius 1 is 1.08 bits per heavy atom. The molecule has 0 aliphatic carbocycles. The van der Waals surface area contributed by atoms with Crippen molar-refractivity contribution in [2.24, 2.45) is 0 Å². The topological polar surface area (TPSA) is 64.6 Å². The number of carbonyl (C=O) groups excluding carboxylic acids is 2. The SMILES string of the molecule is CC[C@@H](Oc1ccccc1)C(=O)OCC(=O)Nc1ccc(Cl)cc1. The molecule has 6 heteroatoms. The highest BCUT2D eigenvalue weighted by Gasteiger charge is 2.21. The molecule has 0 spiro atoms. The molecule has 1 amide bonds. The number of hydrogen-bond donors (Lipinski definition) is 1. The first-order valence-electron chi connectivity index (χ1n) is 7.52. The van der Waals surface area contributed by atoms with E-state index in [2.05, 4.69) is 5.32 Å². The van der Waals surface area contributed by atoms with Gasteiger partial charge in [-0.25, -0.2) is 4.79 Å². The van der Waals surface area contributed by atoms with Crippen molar-refractivity contribution in [3.8, 4) is 5.75 Å². The molecule has 5 nitrogen and oxygen atoms in total. The largest absolute Gasteiger partial charge is 0.479 e. The van der Waals surface area contributed by atoms with E-state index >= 15 is 0 Å². The molecule has 0 bridgehead atoms. The molecule has 0 unspecified atom stereocenters. The quantitative estimate of drug-likeness (QED) is 0.776. The third kappa shape index (κ3) is 5.59. The molecule has 0 heterocycles. The molecule has 0 radical (unpaired) electrons. The van der Waals surface area contributed by atoms with Crippen molar-refractivity contribution in [1.82, 2.24) is 0 Å². The number of para-hydroxylation sites is 1. The Bertz CT molecular complexity index is 673. The summed E-state index contributed by atoms with van der Waals surface area (Å²) in [5.41, 5.74) is 0.577. The van der Waals surface area contributed by atoms with Crippen LogP contribution in [0.15, 0.2) is 54.6 Å². The summed E-state index contributed by atoms with van der Waals surface area (Å²) < 4.78 is 10.6. The van der Waals surface area contributed by atoms with Crippen LogP contribution >= 0.6 is 11.6 Å². The average Bonchev–Trinajstić information content (AvgIpc) is 2.60. The first-order chi connectivity index (χ1) is 11.6. The van der Waals surface area contributed by atoms with Gasteiger partial charge in [-0.3, -0.25) is 4.79 Å². The lowest BCUT2D eigenvalue weighted by molar-refractivity contribution is -0.154. The van der Waals surface area contributed by atoms with E-state index in [4.69, 9.17) is 21.1 Å². The minimum absolute atomic E-state index is 0.379. The zero-order valence-corrected chi connectivity index (χ0v) is 14.0. The maximum absolute atomic E-state index is 12.0. The fourth-order valence-corrected chi connectivity index (χ4v) is 2.05. The molecule has 1 N–H and O–H groups in total. The second-order valence-electron chi connectivity index (χ2n) is 4.99. The van der Waals surface area contributed by atoms with Crippen molar-refractivity contribution in [3.63, 3.8) is 0 Å². The minimum Gasteiger partial charge on any atom is -0.479 e. The number of amides is 1. The van der Waals surface area contributed by atoms with E-state index in [9.17, 15) is 9.59 Å². The number of anilines is 1. The lowest BCUT2D eigenvalue weighted by Gasteiger charge is -2.16. The molecule has 0 fully saturated rings. The highest BCUT2D eigenvalue weighted by Crippen LogP contribution is 2.14. The molecule has 1 atom stereocenters. The summed E-state index contributed by atoms with van der Waals surface area (Å²) in [4.78, 5) is 23.8. The van der Waals surface area contributed by atoms with Gasteiger partial charge in [0.05, 0.1) is 0 Å². The van der Waals surface area contributed by atoms with Gasteiger partial charge in [0, 0.05) is 10.7 Å². The summed E-state index contributed by atoms with van der Waals surface area (Å²) >= 11 is 5.77. The molecule has 0 aliphatic rings. The Morgan fingerprint density at radius 2 is 1.75 bits per heavy atom. The van der Waals surface area contributed by atoms with Crippen LogP contribution in [-0.2, 0) is 14.3 Å². The molecule has 24 heavy (non-hydrogen) atoms. The standard InChI is InChI=1S/C18H18ClNO4/c1-2-16(24-15-6-4-3-5-7-15)18(22)23-12-17(21)20-14-10-8-13(19)9-11-14/h3-11,16H,2,12H2,1H3,(H,20,21)/t16-/m1/s1. The van der Waals surface area contributed by atoms with Crippen LogP contribution in [0.1, 0.15) is 13.3 Å². The number of nitrogens with one attached hydrogen (secondary N) is 1. The molecule has 0 aliphatic heterocycles. The van der Waals surface area contributed by atoms with Crippen LogP contribution in [0.4, 0.5) is 5.69 Å². The van der Waals surface area contributed by atoms with E-state index in [1.807, 2.05) is 25.1 Å². The average molecular weight is 348 g/mol. The third-order valence-corrected chi connectivity index (χ3v) is 3.38. The van der Waals surface area contributed by atoms with Crippen molar-refractivity contribution in [2.75, 3.05) is 11.9 Å². The number of rotatable bonds is 7. The van der Waals surface area contributed by atoms with Crippen LogP contribution < -0.4 is 10.1 Å². The predicted octanol–water partition coefficient (Wildman–Crippen LogP) is 3.68. The third-order valence-electron chi connectivity index (χ3n) is 3.13. The molecule has 2 aromatic rings. The van der Waals surface area contributed by atoms with Gasteiger partial charge in [0.2, 0.25) is 0 Å². The monoisotopic (exact) mass is 347 g/mol. The molecule has 126 valence electrons. The van der Waals surface area contributed by atoms with Crippen molar-refractivity contribution in [3.05, 3.63) is 59.6 Å². The zero-order chi connectivity index (χ0) is 17.4. The van der Waals surface area contributed by atoms with Gasteiger partial charge >= 0.3 is 5.97 Å². The zero-order valence-electron chi connectivity index (χ0n) is 13.2. The highest BCUT2D eigenvalue weighted by molar-refractivity contribution is 6.30. The first-order valence-corrected chi connectivity index (χ1v) is 7.90. The number of halogens is 1. The van der Waals surface area contributed by atoms with Gasteiger partial charge in [0.1, 0.15) is 5.75 Å². The van der Waals surface area contributed by atoms with Crippen LogP contribution in [0.2, 0.25) is 5.02 Å². The van der Waals surface area contributed by atoms with Crippen molar-refractivity contribution < 1.29 is 19.1 Å². The van der Waals surface area contributed by atoms with Crippen LogP contribution in [-0.4, -0.2) is 24.6 Å². The van der Waals surface area contributed by atoms with Crippen LogP contribution in [0.25, 0.3) is 0 Å². The molecule has 0 saturated carbocycles. The summed E-state index contributed by atoms with van der Waals surface area (Å²) in [6.07, 6.45) is -0.317. The summed E-state index contributed by atoms with van der Waals surface area (Å²) in [6.45, 7) is 1.43. The molecule has 0 aromatic heterocycles. The van der Waals surface area contributed by atoms with E-state index in [1.54, 1.807) is 36.4 Å². The van der Waals surface area contributed by atoms with Crippen LogP contribution in [0.3, 0.4) is 0 Å². The van der Waals surface area contributed by atoms with Crippen LogP contribution in [0.5, 0.6) is 5.75 Å². The van der Waals surface area contributed by atoms with E-state index in [1.165, 1.54) is 0 Å². The molecule has 2 aromatic carbocycles. The van der Waals surface area contributed by atoms with Crippen molar-refractivity contribution in [2.45, 2.75) is 19.4 Å². The van der Waals surface area contributed by atoms with E-state index in [0.717, 1.165) is 0 Å². The van der Waals surface area contributed by atoms with Gasteiger partial charge in [-0.15, -0.1) is 0 Å². The normalized spacial score (nSPS) is 11.4. The van der Waals surface area contributed by atoms with Gasteiger partial charge in [-0.2, -0.15) is 0 Å². The smallest absolute Gasteiger partial charge is 0.347 e. The van der Waals surface area contributed by atoms with Gasteiger partial charge in [0.25, 0.3) is 5.91 Å². The molecular weight excluding hydrogens is 330 g/mol. The molecule has 2 rings (SSSR count). The van der Waals surface area contributed by atoms with E-state index < -0.39 is 18.0 Å². The minimum atomic E-state index is -0.754. The Labute approximate surface area is 145 Å². The Morgan fingerprint density at radius 3 is 2.38 bits per heavy atom. The number of hydrogen-bond acceptors (Lipinski definition) is 4. The van der Waals surface area contributed by atoms with Gasteiger partial charge in [-0.1, -0.05) is 36.7 Å². The lowest BCUT2D eigenvalue weighted by Crippen LogP contribution is -2.31. The number of benzene rings is 2. The second kappa shape index (κ2) is 8.93. The first kappa shape index (κ1) is 17.8. The van der Waals surface area contributed by atoms with E-state index in [0.29, 0.717) is 22.9 Å². The maximum Gasteiger partial charge on any atom is 0.347 e. The fraction of sp³-hybridized carbons (Fsp3) is 0.222. The Kier molecular flexibility index (Phi) is 6.63. The second-order valence-corrected chi connectivity index (χ2v) is 5.43. The van der Waals surface area contributed by atoms with Gasteiger partial charge < -0.3 is 14.8 Å². The predicted molar refractivity (Wildman–Crippen MR) is 92.2 cm³/mol. The summed E-state index contributed by atoms with van der Waals surface area (Å²) in [7, 11) is 0. The van der Waals surface area contributed by atoms with Crippen LogP contribution in [0, 0.1) is 0 Å². The summed E-state index contributed by atoms with van der Waals surface area (Å²) in [6, 6.07) is 15.6. The fourth-order valence-electron chi connectivity index (χ4n) is 1.92. The van der Waals surface area contributed by atoms with Gasteiger partial charge in [0.15, 0.2) is 12.7 Å². The Hall–Kier alpha value is -2.53. The number of carbonyl (C=O) groups is 2. The summed E-state index contributed by atoms with van der Waals surface area (Å²) in [5, 5.41) is 3.19. The lowest BCUT2D eigenvalue weighted by atomic mass is 10.2. The molecule has 0 saturated heterocycles. The van der Waals surface area contributed by atoms with E-state index in [-0.39, 0.29) is 6.61 Å². The highest BCUT2D eigenvalue weighted by atomic mass is 35.5. The maximum atomic E-state index is 12.0. The van der Waals surface area contributed by atoms with Gasteiger partial charge in [-0.05, 0) is 42.8 Å².